The zero-order chi connectivity index (χ0) is 15.3. The van der Waals surface area contributed by atoms with Crippen LogP contribution in [0.2, 0.25) is 0 Å². The molecule has 2 N–H and O–H groups in total. The standard InChI is InChI=1S/C16H13FN2O3/c17-10-2-1-3-11(7-10)19-15(14(18)16(19)20)9-4-5-12-13(6-9)22-8-21-12/h1-7,14-15H,8,18H2/t14-,15+/m1/s1. The second-order valence-electron chi connectivity index (χ2n) is 5.27. The van der Waals surface area contributed by atoms with Crippen LogP contribution >= 0.6 is 0 Å². The lowest BCUT2D eigenvalue weighted by Gasteiger charge is -2.45. The molecule has 4 rings (SSSR count). The fourth-order valence-electron chi connectivity index (χ4n) is 2.88. The van der Waals surface area contributed by atoms with E-state index in [0.29, 0.717) is 17.2 Å². The monoisotopic (exact) mass is 300 g/mol. The molecular formula is C16H13FN2O3. The second-order valence-corrected chi connectivity index (χ2v) is 5.27. The number of β-lactam (4-membered cyclic amide) rings is 1. The van der Waals surface area contributed by atoms with Crippen molar-refractivity contribution in [2.45, 2.75) is 12.1 Å². The Morgan fingerprint density at radius 3 is 2.77 bits per heavy atom. The normalized spacial score (nSPS) is 22.6. The van der Waals surface area contributed by atoms with Crippen LogP contribution in [0.15, 0.2) is 42.5 Å². The molecule has 2 aliphatic rings. The summed E-state index contributed by atoms with van der Waals surface area (Å²) in [5.41, 5.74) is 7.28. The number of benzene rings is 2. The predicted molar refractivity (Wildman–Crippen MR) is 77.2 cm³/mol. The number of ether oxygens (including phenoxy) is 2. The van der Waals surface area contributed by atoms with E-state index in [1.165, 1.54) is 17.0 Å². The topological polar surface area (TPSA) is 64.8 Å². The van der Waals surface area contributed by atoms with Gasteiger partial charge in [-0.15, -0.1) is 0 Å². The van der Waals surface area contributed by atoms with E-state index in [2.05, 4.69) is 0 Å². The van der Waals surface area contributed by atoms with Crippen LogP contribution in [0, 0.1) is 5.82 Å². The molecule has 0 unspecified atom stereocenters. The smallest absolute Gasteiger partial charge is 0.247 e. The van der Waals surface area contributed by atoms with Gasteiger partial charge in [-0.25, -0.2) is 4.39 Å². The van der Waals surface area contributed by atoms with Crippen LogP contribution in [0.5, 0.6) is 11.5 Å². The first kappa shape index (κ1) is 13.1. The van der Waals surface area contributed by atoms with E-state index in [1.807, 2.05) is 12.1 Å². The summed E-state index contributed by atoms with van der Waals surface area (Å²) in [6.45, 7) is 0.183. The molecule has 2 atom stereocenters. The number of carbonyl (C=O) groups is 1. The number of amides is 1. The molecule has 0 aromatic heterocycles. The minimum absolute atomic E-state index is 0.183. The van der Waals surface area contributed by atoms with Gasteiger partial charge >= 0.3 is 0 Å². The van der Waals surface area contributed by atoms with Crippen LogP contribution in [0.25, 0.3) is 0 Å². The van der Waals surface area contributed by atoms with E-state index in [0.717, 1.165) is 5.56 Å². The van der Waals surface area contributed by atoms with E-state index >= 15 is 0 Å². The van der Waals surface area contributed by atoms with Gasteiger partial charge < -0.3 is 20.1 Å². The Bertz CT molecular complexity index is 765. The number of fused-ring (bicyclic) bond motifs is 1. The fraction of sp³-hybridized carbons (Fsp3) is 0.188. The summed E-state index contributed by atoms with van der Waals surface area (Å²) >= 11 is 0. The summed E-state index contributed by atoms with van der Waals surface area (Å²) < 4.78 is 24.0. The number of nitrogens with zero attached hydrogens (tertiary/aromatic N) is 1. The molecule has 2 heterocycles. The molecule has 6 heteroatoms. The first-order valence-corrected chi connectivity index (χ1v) is 6.89. The Kier molecular flexibility index (Phi) is 2.80. The van der Waals surface area contributed by atoms with Crippen molar-refractivity contribution in [1.82, 2.24) is 0 Å². The molecule has 0 aliphatic carbocycles. The van der Waals surface area contributed by atoms with E-state index in [-0.39, 0.29) is 18.7 Å². The van der Waals surface area contributed by atoms with Crippen LogP contribution in [0.3, 0.4) is 0 Å². The maximum absolute atomic E-state index is 13.4. The average Bonchev–Trinajstić information content (AvgIpc) is 2.98. The number of carbonyl (C=O) groups excluding carboxylic acids is 1. The van der Waals surface area contributed by atoms with Gasteiger partial charge in [-0.3, -0.25) is 4.79 Å². The largest absolute Gasteiger partial charge is 0.454 e. The highest BCUT2D eigenvalue weighted by molar-refractivity contribution is 6.05. The van der Waals surface area contributed by atoms with Gasteiger partial charge in [0.25, 0.3) is 0 Å². The van der Waals surface area contributed by atoms with Crippen molar-refractivity contribution < 1.29 is 18.7 Å². The molecule has 0 spiro atoms. The van der Waals surface area contributed by atoms with Gasteiger partial charge in [0.15, 0.2) is 11.5 Å². The fourth-order valence-corrected chi connectivity index (χ4v) is 2.88. The molecule has 2 aromatic carbocycles. The summed E-state index contributed by atoms with van der Waals surface area (Å²) in [6, 6.07) is 10.4. The van der Waals surface area contributed by atoms with E-state index in [1.54, 1.807) is 18.2 Å². The Balaban J connectivity index is 1.72. The highest BCUT2D eigenvalue weighted by Crippen LogP contribution is 2.42. The maximum atomic E-state index is 13.4. The number of hydrogen-bond acceptors (Lipinski definition) is 4. The lowest BCUT2D eigenvalue weighted by molar-refractivity contribution is -0.126. The zero-order valence-corrected chi connectivity index (χ0v) is 11.5. The first-order valence-electron chi connectivity index (χ1n) is 6.89. The van der Waals surface area contributed by atoms with Crippen molar-refractivity contribution in [2.24, 2.45) is 5.73 Å². The zero-order valence-electron chi connectivity index (χ0n) is 11.5. The first-order chi connectivity index (χ1) is 10.6. The molecule has 1 amide bonds. The minimum atomic E-state index is -0.649. The SMILES string of the molecule is N[C@H]1C(=O)N(c2cccc(F)c2)[C@H]1c1ccc2c(c1)OCO2. The van der Waals surface area contributed by atoms with E-state index in [9.17, 15) is 9.18 Å². The molecule has 5 nitrogen and oxygen atoms in total. The van der Waals surface area contributed by atoms with Crippen LogP contribution in [-0.2, 0) is 4.79 Å². The van der Waals surface area contributed by atoms with Gasteiger partial charge in [-0.05, 0) is 35.9 Å². The molecule has 2 aliphatic heterocycles. The Labute approximate surface area is 126 Å². The minimum Gasteiger partial charge on any atom is -0.454 e. The number of hydrogen-bond donors (Lipinski definition) is 1. The summed E-state index contributed by atoms with van der Waals surface area (Å²) in [6.07, 6.45) is 0. The van der Waals surface area contributed by atoms with Gasteiger partial charge in [0.1, 0.15) is 11.9 Å². The summed E-state index contributed by atoms with van der Waals surface area (Å²) in [5.74, 6) is 0.673. The van der Waals surface area contributed by atoms with Crippen LogP contribution in [0.4, 0.5) is 10.1 Å². The number of halogens is 1. The van der Waals surface area contributed by atoms with Crippen molar-refractivity contribution in [3.05, 3.63) is 53.8 Å². The third-order valence-electron chi connectivity index (χ3n) is 3.97. The lowest BCUT2D eigenvalue weighted by Crippen LogP contribution is -2.63. The quantitative estimate of drug-likeness (QED) is 0.861. The van der Waals surface area contributed by atoms with Crippen LogP contribution in [0.1, 0.15) is 11.6 Å². The van der Waals surface area contributed by atoms with E-state index < -0.39 is 11.9 Å². The third kappa shape index (κ3) is 1.84. The third-order valence-corrected chi connectivity index (χ3v) is 3.97. The molecule has 2 aromatic rings. The second kappa shape index (κ2) is 4.71. The summed E-state index contributed by atoms with van der Waals surface area (Å²) in [4.78, 5) is 13.6. The maximum Gasteiger partial charge on any atom is 0.247 e. The Morgan fingerprint density at radius 1 is 1.14 bits per heavy atom. The molecule has 1 saturated heterocycles. The molecular weight excluding hydrogens is 287 g/mol. The predicted octanol–water partition coefficient (Wildman–Crippen LogP) is 1.97. The van der Waals surface area contributed by atoms with Crippen molar-refractivity contribution in [3.63, 3.8) is 0 Å². The summed E-state index contributed by atoms with van der Waals surface area (Å²) in [5, 5.41) is 0. The summed E-state index contributed by atoms with van der Waals surface area (Å²) in [7, 11) is 0. The Morgan fingerprint density at radius 2 is 1.95 bits per heavy atom. The molecule has 112 valence electrons. The van der Waals surface area contributed by atoms with Crippen molar-refractivity contribution in [2.75, 3.05) is 11.7 Å². The van der Waals surface area contributed by atoms with Gasteiger partial charge in [0, 0.05) is 5.69 Å². The lowest BCUT2D eigenvalue weighted by atomic mass is 9.88. The molecule has 0 saturated carbocycles. The van der Waals surface area contributed by atoms with Crippen molar-refractivity contribution >= 4 is 11.6 Å². The average molecular weight is 300 g/mol. The number of nitrogens with two attached hydrogens (primary N) is 1. The Hall–Kier alpha value is -2.60. The highest BCUT2D eigenvalue weighted by atomic mass is 19.1. The molecule has 0 bridgehead atoms. The molecule has 22 heavy (non-hydrogen) atoms. The van der Waals surface area contributed by atoms with Gasteiger partial charge in [-0.1, -0.05) is 12.1 Å². The van der Waals surface area contributed by atoms with Gasteiger partial charge in [-0.2, -0.15) is 0 Å². The van der Waals surface area contributed by atoms with Crippen LogP contribution in [-0.4, -0.2) is 18.7 Å². The van der Waals surface area contributed by atoms with Gasteiger partial charge in [0.2, 0.25) is 12.7 Å². The van der Waals surface area contributed by atoms with E-state index in [4.69, 9.17) is 15.2 Å². The van der Waals surface area contributed by atoms with Crippen molar-refractivity contribution in [3.8, 4) is 11.5 Å². The van der Waals surface area contributed by atoms with Crippen molar-refractivity contribution in [1.29, 1.82) is 0 Å². The number of rotatable bonds is 2. The highest BCUT2D eigenvalue weighted by Gasteiger charge is 2.47. The molecule has 1 fully saturated rings. The van der Waals surface area contributed by atoms with Crippen LogP contribution < -0.4 is 20.1 Å². The van der Waals surface area contributed by atoms with Gasteiger partial charge in [0.05, 0.1) is 6.04 Å². The molecule has 0 radical (unpaired) electrons. The number of anilines is 1.